The van der Waals surface area contributed by atoms with Crippen LogP contribution in [0.3, 0.4) is 0 Å². The van der Waals surface area contributed by atoms with Crippen molar-refractivity contribution in [3.05, 3.63) is 11.1 Å². The molecule has 1 heterocycles. The second-order valence-electron chi connectivity index (χ2n) is 3.97. The van der Waals surface area contributed by atoms with Crippen LogP contribution in [0, 0.1) is 0 Å². The number of hydrogen-bond acceptors (Lipinski definition) is 6. The van der Waals surface area contributed by atoms with Crippen LogP contribution in [0.2, 0.25) is 0 Å². The van der Waals surface area contributed by atoms with Gasteiger partial charge in [0.15, 0.2) is 10.8 Å². The summed E-state index contributed by atoms with van der Waals surface area (Å²) in [6, 6.07) is 0. The Hall–Kier alpha value is -1.14. The topological polar surface area (TPSA) is 60.5 Å². The van der Waals surface area contributed by atoms with Crippen molar-refractivity contribution in [3.8, 4) is 0 Å². The van der Waals surface area contributed by atoms with E-state index in [2.05, 4.69) is 15.0 Å². The minimum absolute atomic E-state index is 0.222. The summed E-state index contributed by atoms with van der Waals surface area (Å²) in [6.07, 6.45) is 0. The molecule has 0 aromatic carbocycles. The van der Waals surface area contributed by atoms with E-state index in [4.69, 9.17) is 4.74 Å². The van der Waals surface area contributed by atoms with Crippen LogP contribution in [-0.4, -0.2) is 37.3 Å². The maximum absolute atomic E-state index is 11.2. The highest BCUT2D eigenvalue weighted by Gasteiger charge is 2.19. The molecule has 0 aliphatic rings. The molecule has 0 bridgehead atoms. The molecule has 0 fully saturated rings. The first-order valence-electron chi connectivity index (χ1n) is 4.79. The highest BCUT2D eigenvalue weighted by Crippen LogP contribution is 2.20. The molecule has 0 amide bonds. The number of hydrogen-bond donors (Lipinski definition) is 1. The molecular formula is C10H16N2O3S. The van der Waals surface area contributed by atoms with Crippen LogP contribution in [0.5, 0.6) is 0 Å². The van der Waals surface area contributed by atoms with Crippen molar-refractivity contribution in [1.82, 2.24) is 4.98 Å². The number of aromatic nitrogens is 1. The number of nitrogens with zero attached hydrogens (tertiary/aromatic N) is 1. The normalized spacial score (nSPS) is 11.2. The fraction of sp³-hybridized carbons (Fsp3) is 0.600. The second kappa shape index (κ2) is 5.27. The van der Waals surface area contributed by atoms with E-state index in [1.165, 1.54) is 18.4 Å². The minimum Gasteiger partial charge on any atom is -0.464 e. The molecule has 0 radical (unpaired) electrons. The van der Waals surface area contributed by atoms with Gasteiger partial charge in [0.1, 0.15) is 0 Å². The van der Waals surface area contributed by atoms with Crippen molar-refractivity contribution in [2.75, 3.05) is 26.1 Å². The standard InChI is InChI=1S/C10H16N2O3S/c1-10(2,6-14-3)12-9-11-7(5-16-9)8(13)15-4/h5H,6H2,1-4H3,(H,11,12). The lowest BCUT2D eigenvalue weighted by Crippen LogP contribution is -2.35. The van der Waals surface area contributed by atoms with Gasteiger partial charge >= 0.3 is 5.97 Å². The number of carbonyl (C=O) groups is 1. The van der Waals surface area contributed by atoms with Gasteiger partial charge in [0.05, 0.1) is 19.3 Å². The Morgan fingerprint density at radius 3 is 2.81 bits per heavy atom. The summed E-state index contributed by atoms with van der Waals surface area (Å²) in [6.45, 7) is 4.55. The lowest BCUT2D eigenvalue weighted by atomic mass is 10.1. The fourth-order valence-electron chi connectivity index (χ4n) is 1.22. The molecular weight excluding hydrogens is 228 g/mol. The van der Waals surface area contributed by atoms with Crippen LogP contribution in [0.25, 0.3) is 0 Å². The zero-order valence-corrected chi connectivity index (χ0v) is 10.7. The Labute approximate surface area is 98.8 Å². The molecule has 0 aliphatic carbocycles. The van der Waals surface area contributed by atoms with Crippen LogP contribution < -0.4 is 5.32 Å². The highest BCUT2D eigenvalue weighted by atomic mass is 32.1. The van der Waals surface area contributed by atoms with E-state index in [9.17, 15) is 4.79 Å². The zero-order valence-electron chi connectivity index (χ0n) is 9.86. The number of esters is 1. The van der Waals surface area contributed by atoms with Crippen molar-refractivity contribution < 1.29 is 14.3 Å². The van der Waals surface area contributed by atoms with Gasteiger partial charge in [0, 0.05) is 12.5 Å². The van der Waals surface area contributed by atoms with E-state index in [1.54, 1.807) is 12.5 Å². The average molecular weight is 244 g/mol. The van der Waals surface area contributed by atoms with Gasteiger partial charge in [0.25, 0.3) is 0 Å². The van der Waals surface area contributed by atoms with Gasteiger partial charge in [-0.15, -0.1) is 11.3 Å². The van der Waals surface area contributed by atoms with Crippen molar-refractivity contribution in [1.29, 1.82) is 0 Å². The van der Waals surface area contributed by atoms with Gasteiger partial charge in [-0.25, -0.2) is 9.78 Å². The number of rotatable bonds is 5. The third-order valence-electron chi connectivity index (χ3n) is 1.85. The van der Waals surface area contributed by atoms with E-state index in [-0.39, 0.29) is 5.54 Å². The van der Waals surface area contributed by atoms with E-state index in [0.29, 0.717) is 17.4 Å². The Kier molecular flexibility index (Phi) is 4.26. The second-order valence-corrected chi connectivity index (χ2v) is 4.83. The smallest absolute Gasteiger partial charge is 0.357 e. The Morgan fingerprint density at radius 2 is 2.25 bits per heavy atom. The fourth-order valence-corrected chi connectivity index (χ4v) is 2.07. The van der Waals surface area contributed by atoms with Gasteiger partial charge in [0.2, 0.25) is 0 Å². The Bertz CT molecular complexity index is 363. The maximum atomic E-state index is 11.2. The van der Waals surface area contributed by atoms with E-state index in [1.807, 2.05) is 13.8 Å². The number of methoxy groups -OCH3 is 2. The molecule has 0 aliphatic heterocycles. The van der Waals surface area contributed by atoms with Crippen LogP contribution in [0.1, 0.15) is 24.3 Å². The first-order chi connectivity index (χ1) is 7.48. The summed E-state index contributed by atoms with van der Waals surface area (Å²) in [4.78, 5) is 15.3. The molecule has 6 heteroatoms. The lowest BCUT2D eigenvalue weighted by Gasteiger charge is -2.24. The highest BCUT2D eigenvalue weighted by molar-refractivity contribution is 7.13. The Balaban J connectivity index is 2.68. The van der Waals surface area contributed by atoms with E-state index < -0.39 is 5.97 Å². The largest absolute Gasteiger partial charge is 0.464 e. The van der Waals surface area contributed by atoms with Gasteiger partial charge in [-0.1, -0.05) is 0 Å². The SMILES string of the molecule is COCC(C)(C)Nc1nc(C(=O)OC)cs1. The average Bonchev–Trinajstić information content (AvgIpc) is 2.64. The summed E-state index contributed by atoms with van der Waals surface area (Å²) >= 11 is 1.37. The van der Waals surface area contributed by atoms with Crippen molar-refractivity contribution in [3.63, 3.8) is 0 Å². The molecule has 16 heavy (non-hydrogen) atoms. The van der Waals surface area contributed by atoms with Gasteiger partial charge in [-0.3, -0.25) is 0 Å². The van der Waals surface area contributed by atoms with Crippen LogP contribution >= 0.6 is 11.3 Å². The molecule has 0 saturated carbocycles. The molecule has 0 unspecified atom stereocenters. The monoisotopic (exact) mass is 244 g/mol. The van der Waals surface area contributed by atoms with Crippen molar-refractivity contribution >= 4 is 22.4 Å². The summed E-state index contributed by atoms with van der Waals surface area (Å²) < 4.78 is 9.66. The molecule has 5 nitrogen and oxygen atoms in total. The molecule has 90 valence electrons. The molecule has 1 rings (SSSR count). The van der Waals surface area contributed by atoms with E-state index >= 15 is 0 Å². The predicted molar refractivity (Wildman–Crippen MR) is 63.0 cm³/mol. The zero-order chi connectivity index (χ0) is 12.2. The van der Waals surface area contributed by atoms with Gasteiger partial charge in [-0.2, -0.15) is 0 Å². The van der Waals surface area contributed by atoms with Crippen molar-refractivity contribution in [2.45, 2.75) is 19.4 Å². The number of ether oxygens (including phenoxy) is 2. The van der Waals surface area contributed by atoms with Crippen LogP contribution in [0.4, 0.5) is 5.13 Å². The summed E-state index contributed by atoms with van der Waals surface area (Å²) in [5, 5.41) is 5.54. The maximum Gasteiger partial charge on any atom is 0.357 e. The van der Waals surface area contributed by atoms with Gasteiger partial charge in [-0.05, 0) is 13.8 Å². The van der Waals surface area contributed by atoms with Crippen LogP contribution in [-0.2, 0) is 9.47 Å². The number of thiazole rings is 1. The quantitative estimate of drug-likeness (QED) is 0.800. The molecule has 1 N–H and O–H groups in total. The lowest BCUT2D eigenvalue weighted by molar-refractivity contribution is 0.0595. The molecule has 0 spiro atoms. The molecule has 1 aromatic heterocycles. The first kappa shape index (κ1) is 12.9. The number of nitrogens with one attached hydrogen (secondary N) is 1. The van der Waals surface area contributed by atoms with Crippen molar-refractivity contribution in [2.24, 2.45) is 0 Å². The summed E-state index contributed by atoms with van der Waals surface area (Å²) in [5.74, 6) is -0.422. The first-order valence-corrected chi connectivity index (χ1v) is 5.67. The van der Waals surface area contributed by atoms with E-state index in [0.717, 1.165) is 0 Å². The number of carbonyl (C=O) groups excluding carboxylic acids is 1. The van der Waals surface area contributed by atoms with Crippen LogP contribution in [0.15, 0.2) is 5.38 Å². The summed E-state index contributed by atoms with van der Waals surface area (Å²) in [7, 11) is 2.98. The molecule has 1 aromatic rings. The summed E-state index contributed by atoms with van der Waals surface area (Å²) in [5.41, 5.74) is 0.100. The Morgan fingerprint density at radius 1 is 1.56 bits per heavy atom. The molecule has 0 atom stereocenters. The third-order valence-corrected chi connectivity index (χ3v) is 2.61. The number of anilines is 1. The third kappa shape index (κ3) is 3.46. The molecule has 0 saturated heterocycles. The predicted octanol–water partition coefficient (Wildman–Crippen LogP) is 1.77. The minimum atomic E-state index is -0.422. The van der Waals surface area contributed by atoms with Gasteiger partial charge < -0.3 is 14.8 Å².